The van der Waals surface area contributed by atoms with Gasteiger partial charge in [0.25, 0.3) is 0 Å². The Morgan fingerprint density at radius 1 is 1.59 bits per heavy atom. The van der Waals surface area contributed by atoms with E-state index in [9.17, 15) is 9.50 Å². The molecule has 1 aliphatic rings. The van der Waals surface area contributed by atoms with Crippen LogP contribution in [0.25, 0.3) is 5.57 Å². The Morgan fingerprint density at radius 3 is 2.65 bits per heavy atom. The second-order valence-corrected chi connectivity index (χ2v) is 5.38. The fraction of sp³-hybridized carbons (Fsp3) is 0.462. The molecular weight excluding hydrogens is 241 g/mol. The second-order valence-electron chi connectivity index (χ2n) is 5.02. The molecule has 92 valence electrons. The van der Waals surface area contributed by atoms with E-state index in [-0.39, 0.29) is 10.7 Å². The Hall–Kier alpha value is -0.930. The minimum absolute atomic E-state index is 0.161. The molecule has 1 saturated carbocycles. The highest BCUT2D eigenvalue weighted by Gasteiger charge is 2.29. The number of aromatic nitrogens is 1. The molecule has 0 amide bonds. The summed E-state index contributed by atoms with van der Waals surface area (Å²) >= 11 is 5.76. The SMILES string of the molecule is C=C(c1cc(C(C)(C)O)c(F)c(Cl)n1)C1CC1. The number of pyridine rings is 1. The molecule has 1 fully saturated rings. The minimum Gasteiger partial charge on any atom is -0.386 e. The van der Waals surface area contributed by atoms with Crippen LogP contribution in [-0.2, 0) is 5.60 Å². The topological polar surface area (TPSA) is 33.1 Å². The molecule has 0 aliphatic heterocycles. The highest BCUT2D eigenvalue weighted by molar-refractivity contribution is 6.29. The Bertz CT molecular complexity index is 475. The summed E-state index contributed by atoms with van der Waals surface area (Å²) in [7, 11) is 0. The molecule has 0 saturated heterocycles. The van der Waals surface area contributed by atoms with E-state index in [4.69, 9.17) is 11.6 Å². The summed E-state index contributed by atoms with van der Waals surface area (Å²) in [6, 6.07) is 1.54. The van der Waals surface area contributed by atoms with Crippen LogP contribution in [0.4, 0.5) is 4.39 Å². The molecule has 1 aromatic rings. The Morgan fingerprint density at radius 2 is 2.18 bits per heavy atom. The molecule has 0 atom stereocenters. The third kappa shape index (κ3) is 2.50. The number of rotatable bonds is 3. The number of hydrogen-bond acceptors (Lipinski definition) is 2. The van der Waals surface area contributed by atoms with Crippen molar-refractivity contribution in [3.8, 4) is 0 Å². The van der Waals surface area contributed by atoms with E-state index >= 15 is 0 Å². The quantitative estimate of drug-likeness (QED) is 0.839. The van der Waals surface area contributed by atoms with Gasteiger partial charge >= 0.3 is 0 Å². The second kappa shape index (κ2) is 4.07. The van der Waals surface area contributed by atoms with Gasteiger partial charge in [-0.05, 0) is 44.2 Å². The van der Waals surface area contributed by atoms with Gasteiger partial charge in [0.2, 0.25) is 0 Å². The highest BCUT2D eigenvalue weighted by atomic mass is 35.5. The third-order valence-corrected chi connectivity index (χ3v) is 3.23. The van der Waals surface area contributed by atoms with Crippen LogP contribution >= 0.6 is 11.6 Å². The Labute approximate surface area is 105 Å². The van der Waals surface area contributed by atoms with E-state index in [0.29, 0.717) is 11.6 Å². The van der Waals surface area contributed by atoms with E-state index in [1.54, 1.807) is 6.07 Å². The van der Waals surface area contributed by atoms with E-state index in [0.717, 1.165) is 18.4 Å². The van der Waals surface area contributed by atoms with Crippen molar-refractivity contribution in [1.82, 2.24) is 4.98 Å². The maximum Gasteiger partial charge on any atom is 0.166 e. The van der Waals surface area contributed by atoms with Crippen molar-refractivity contribution in [3.63, 3.8) is 0 Å². The summed E-state index contributed by atoms with van der Waals surface area (Å²) in [4.78, 5) is 3.99. The van der Waals surface area contributed by atoms with E-state index in [2.05, 4.69) is 11.6 Å². The van der Waals surface area contributed by atoms with Gasteiger partial charge in [-0.3, -0.25) is 0 Å². The zero-order valence-electron chi connectivity index (χ0n) is 9.93. The molecule has 2 nitrogen and oxygen atoms in total. The molecule has 2 rings (SSSR count). The maximum atomic E-state index is 13.8. The van der Waals surface area contributed by atoms with Gasteiger partial charge < -0.3 is 5.11 Å². The fourth-order valence-electron chi connectivity index (χ4n) is 1.75. The molecule has 0 aromatic carbocycles. The highest BCUT2D eigenvalue weighted by Crippen LogP contribution is 2.41. The Balaban J connectivity index is 2.49. The lowest BCUT2D eigenvalue weighted by atomic mass is 9.96. The molecule has 1 aromatic heterocycles. The van der Waals surface area contributed by atoms with Crippen LogP contribution < -0.4 is 0 Å². The van der Waals surface area contributed by atoms with Crippen molar-refractivity contribution in [2.75, 3.05) is 0 Å². The molecule has 0 radical (unpaired) electrons. The third-order valence-electron chi connectivity index (χ3n) is 2.98. The van der Waals surface area contributed by atoms with Gasteiger partial charge in [-0.1, -0.05) is 18.2 Å². The summed E-state index contributed by atoms with van der Waals surface area (Å²) in [5, 5.41) is 9.69. The van der Waals surface area contributed by atoms with E-state index in [1.165, 1.54) is 13.8 Å². The standard InChI is InChI=1S/C13H15ClFNO/c1-7(8-4-5-8)10-6-9(13(2,3)17)11(15)12(14)16-10/h6,8,17H,1,4-5H2,2-3H3. The van der Waals surface area contributed by atoms with Crippen LogP contribution in [-0.4, -0.2) is 10.1 Å². The molecule has 0 unspecified atom stereocenters. The summed E-state index contributed by atoms with van der Waals surface area (Å²) in [5.41, 5.74) is 0.331. The van der Waals surface area contributed by atoms with Crippen molar-refractivity contribution < 1.29 is 9.50 Å². The fourth-order valence-corrected chi connectivity index (χ4v) is 1.94. The van der Waals surface area contributed by atoms with E-state index in [1.807, 2.05) is 0 Å². The van der Waals surface area contributed by atoms with Crippen molar-refractivity contribution >= 4 is 17.2 Å². The molecule has 1 heterocycles. The van der Waals surface area contributed by atoms with Crippen LogP contribution in [0.15, 0.2) is 12.6 Å². The lowest BCUT2D eigenvalue weighted by Crippen LogP contribution is -2.19. The minimum atomic E-state index is -1.28. The molecule has 0 spiro atoms. The van der Waals surface area contributed by atoms with Gasteiger partial charge in [0, 0.05) is 5.56 Å². The average Bonchev–Trinajstić information content (AvgIpc) is 3.02. The monoisotopic (exact) mass is 255 g/mol. The number of allylic oxidation sites excluding steroid dienone is 1. The largest absolute Gasteiger partial charge is 0.386 e. The molecule has 1 aliphatic carbocycles. The van der Waals surface area contributed by atoms with Crippen molar-refractivity contribution in [1.29, 1.82) is 0 Å². The normalized spacial score (nSPS) is 16.1. The first kappa shape index (κ1) is 12.5. The number of hydrogen-bond donors (Lipinski definition) is 1. The van der Waals surface area contributed by atoms with Crippen LogP contribution in [0.2, 0.25) is 5.15 Å². The van der Waals surface area contributed by atoms with Crippen LogP contribution in [0.5, 0.6) is 0 Å². The number of nitrogens with zero attached hydrogens (tertiary/aromatic N) is 1. The smallest absolute Gasteiger partial charge is 0.166 e. The first-order valence-corrected chi connectivity index (χ1v) is 5.96. The van der Waals surface area contributed by atoms with Crippen LogP contribution in [0.1, 0.15) is 37.9 Å². The summed E-state index contributed by atoms with van der Waals surface area (Å²) in [5.74, 6) is -0.231. The van der Waals surface area contributed by atoms with Crippen molar-refractivity contribution in [2.24, 2.45) is 5.92 Å². The van der Waals surface area contributed by atoms with Crippen LogP contribution in [0, 0.1) is 11.7 Å². The number of aliphatic hydroxyl groups is 1. The maximum absolute atomic E-state index is 13.8. The molecular formula is C13H15ClFNO. The molecule has 4 heteroatoms. The predicted molar refractivity (Wildman–Crippen MR) is 66.2 cm³/mol. The number of halogens is 2. The zero-order chi connectivity index (χ0) is 12.8. The first-order chi connectivity index (χ1) is 7.80. The first-order valence-electron chi connectivity index (χ1n) is 5.58. The van der Waals surface area contributed by atoms with Gasteiger partial charge in [0.15, 0.2) is 11.0 Å². The van der Waals surface area contributed by atoms with Crippen molar-refractivity contribution in [3.05, 3.63) is 34.9 Å². The molecule has 1 N–H and O–H groups in total. The van der Waals surface area contributed by atoms with Crippen LogP contribution in [0.3, 0.4) is 0 Å². The average molecular weight is 256 g/mol. The van der Waals surface area contributed by atoms with Crippen molar-refractivity contribution in [2.45, 2.75) is 32.3 Å². The lowest BCUT2D eigenvalue weighted by molar-refractivity contribution is 0.0743. The van der Waals surface area contributed by atoms with Gasteiger partial charge in [0.05, 0.1) is 11.3 Å². The Kier molecular flexibility index (Phi) is 3.00. The molecule has 0 bridgehead atoms. The summed E-state index contributed by atoms with van der Waals surface area (Å²) < 4.78 is 13.8. The van der Waals surface area contributed by atoms with Gasteiger partial charge in [-0.25, -0.2) is 9.37 Å². The van der Waals surface area contributed by atoms with E-state index < -0.39 is 11.4 Å². The summed E-state index contributed by atoms with van der Waals surface area (Å²) in [6.07, 6.45) is 2.18. The van der Waals surface area contributed by atoms with Gasteiger partial charge in [-0.15, -0.1) is 0 Å². The van der Waals surface area contributed by atoms with Gasteiger partial charge in [-0.2, -0.15) is 0 Å². The van der Waals surface area contributed by atoms with Gasteiger partial charge in [0.1, 0.15) is 0 Å². The zero-order valence-corrected chi connectivity index (χ0v) is 10.7. The lowest BCUT2D eigenvalue weighted by Gasteiger charge is -2.20. The molecule has 17 heavy (non-hydrogen) atoms. The predicted octanol–water partition coefficient (Wildman–Crippen LogP) is 3.52. The summed E-state index contributed by atoms with van der Waals surface area (Å²) in [6.45, 7) is 6.99.